The zero-order valence-electron chi connectivity index (χ0n) is 20.6. The summed E-state index contributed by atoms with van der Waals surface area (Å²) >= 11 is 2.12. The molecule has 0 radical (unpaired) electrons. The third kappa shape index (κ3) is 5.04. The van der Waals surface area contributed by atoms with Gasteiger partial charge in [0.1, 0.15) is 17.0 Å². The minimum atomic E-state index is -0.627. The molecule has 2 aliphatic rings. The molecule has 0 unspecified atom stereocenters. The predicted octanol–water partition coefficient (Wildman–Crippen LogP) is 4.95. The number of nitrogens with one attached hydrogen (secondary N) is 1. The van der Waals surface area contributed by atoms with Crippen LogP contribution in [-0.2, 0) is 13.0 Å². The second-order valence-corrected chi connectivity index (χ2v) is 11.5. The number of halogens is 3. The minimum Gasteiger partial charge on any atom is -0.324 e. The van der Waals surface area contributed by atoms with Crippen LogP contribution >= 0.6 is 22.6 Å². The van der Waals surface area contributed by atoms with Gasteiger partial charge in [-0.1, -0.05) is 6.07 Å². The monoisotopic (exact) mass is 616 g/mol. The Balaban J connectivity index is 1.27. The number of fused-ring (bicyclic) bond motifs is 2. The lowest BCUT2D eigenvalue weighted by atomic mass is 10.0. The molecule has 4 aromatic rings. The van der Waals surface area contributed by atoms with Crippen molar-refractivity contribution in [3.05, 3.63) is 57.2 Å². The Morgan fingerprint density at radius 2 is 1.95 bits per heavy atom. The van der Waals surface area contributed by atoms with Crippen LogP contribution < -0.4 is 11.1 Å². The maximum Gasteiger partial charge on any atom is 0.229 e. The van der Waals surface area contributed by atoms with E-state index in [4.69, 9.17) is 10.7 Å². The van der Waals surface area contributed by atoms with E-state index in [-0.39, 0.29) is 17.2 Å². The quantitative estimate of drug-likeness (QED) is 0.296. The van der Waals surface area contributed by atoms with E-state index in [2.05, 4.69) is 47.8 Å². The summed E-state index contributed by atoms with van der Waals surface area (Å²) in [4.78, 5) is 19.9. The molecule has 1 saturated carbocycles. The Hall–Kier alpha value is -2.77. The summed E-state index contributed by atoms with van der Waals surface area (Å²) in [5, 5.41) is 3.09. The van der Waals surface area contributed by atoms with Crippen molar-refractivity contribution in [2.75, 3.05) is 18.4 Å². The van der Waals surface area contributed by atoms with Crippen LogP contribution in [0.25, 0.3) is 22.3 Å². The van der Waals surface area contributed by atoms with Crippen molar-refractivity contribution in [2.45, 2.75) is 51.2 Å². The van der Waals surface area contributed by atoms with Crippen molar-refractivity contribution < 1.29 is 8.78 Å². The van der Waals surface area contributed by atoms with E-state index < -0.39 is 11.6 Å². The van der Waals surface area contributed by atoms with Gasteiger partial charge in [-0.05, 0) is 73.0 Å². The van der Waals surface area contributed by atoms with Crippen LogP contribution in [0.15, 0.2) is 30.5 Å². The SMILES string of the molecule is CC(C)(N)CN1CCc2nc(Nc3ncc(F)c(-c4cc(F)c5nc(I)n(C6CC6)c5c4)n3)ccc2C1. The normalized spacial score (nSPS) is 16.3. The molecule has 1 fully saturated rings. The van der Waals surface area contributed by atoms with Gasteiger partial charge < -0.3 is 15.6 Å². The lowest BCUT2D eigenvalue weighted by molar-refractivity contribution is 0.208. The van der Waals surface area contributed by atoms with E-state index in [1.807, 2.05) is 30.5 Å². The Morgan fingerprint density at radius 3 is 2.70 bits per heavy atom. The second-order valence-electron chi connectivity index (χ2n) is 10.6. The van der Waals surface area contributed by atoms with Crippen LogP contribution in [0.2, 0.25) is 0 Å². The highest BCUT2D eigenvalue weighted by molar-refractivity contribution is 14.1. The zero-order chi connectivity index (χ0) is 25.9. The number of pyridine rings is 1. The van der Waals surface area contributed by atoms with Gasteiger partial charge in [-0.25, -0.2) is 28.7 Å². The number of anilines is 2. The maximum absolute atomic E-state index is 15.0. The molecule has 8 nitrogen and oxygen atoms in total. The van der Waals surface area contributed by atoms with E-state index in [0.29, 0.717) is 28.5 Å². The van der Waals surface area contributed by atoms with Crippen LogP contribution in [-0.4, -0.2) is 48.0 Å². The van der Waals surface area contributed by atoms with Crippen LogP contribution in [0.4, 0.5) is 20.5 Å². The number of hydrogen-bond acceptors (Lipinski definition) is 7. The number of hydrogen-bond donors (Lipinski definition) is 2. The third-order valence-electron chi connectivity index (χ3n) is 6.63. The van der Waals surface area contributed by atoms with Gasteiger partial charge in [0.15, 0.2) is 15.5 Å². The van der Waals surface area contributed by atoms with E-state index in [0.717, 1.165) is 60.2 Å². The van der Waals surface area contributed by atoms with Crippen LogP contribution in [0.3, 0.4) is 0 Å². The van der Waals surface area contributed by atoms with E-state index in [1.165, 1.54) is 6.07 Å². The van der Waals surface area contributed by atoms with Crippen molar-refractivity contribution in [2.24, 2.45) is 5.73 Å². The fourth-order valence-corrected chi connectivity index (χ4v) is 5.84. The first kappa shape index (κ1) is 24.6. The molecule has 11 heteroatoms. The van der Waals surface area contributed by atoms with Crippen molar-refractivity contribution in [3.8, 4) is 11.3 Å². The van der Waals surface area contributed by atoms with Gasteiger partial charge in [-0.15, -0.1) is 0 Å². The number of rotatable bonds is 6. The summed E-state index contributed by atoms with van der Waals surface area (Å²) in [6, 6.07) is 7.25. The molecule has 1 aromatic carbocycles. The highest BCUT2D eigenvalue weighted by Gasteiger charge is 2.29. The highest BCUT2D eigenvalue weighted by Crippen LogP contribution is 2.40. The number of nitrogens with zero attached hydrogens (tertiary/aromatic N) is 6. The largest absolute Gasteiger partial charge is 0.324 e. The molecule has 3 aromatic heterocycles. The summed E-state index contributed by atoms with van der Waals surface area (Å²) in [7, 11) is 0. The molecule has 0 bridgehead atoms. The maximum atomic E-state index is 15.0. The second kappa shape index (κ2) is 9.21. The molecule has 4 heterocycles. The molecule has 1 aliphatic heterocycles. The Morgan fingerprint density at radius 1 is 1.14 bits per heavy atom. The molecule has 0 atom stereocenters. The first-order valence-corrected chi connectivity index (χ1v) is 13.4. The average molecular weight is 616 g/mol. The molecule has 37 heavy (non-hydrogen) atoms. The van der Waals surface area contributed by atoms with Crippen molar-refractivity contribution in [3.63, 3.8) is 0 Å². The van der Waals surface area contributed by atoms with Crippen molar-refractivity contribution >= 4 is 45.4 Å². The molecule has 3 N–H and O–H groups in total. The molecular weight excluding hydrogens is 589 g/mol. The van der Waals surface area contributed by atoms with Gasteiger partial charge in [0.25, 0.3) is 0 Å². The van der Waals surface area contributed by atoms with Crippen molar-refractivity contribution in [1.29, 1.82) is 0 Å². The fraction of sp³-hybridized carbons (Fsp3) is 0.385. The lowest BCUT2D eigenvalue weighted by Crippen LogP contribution is -2.46. The van der Waals surface area contributed by atoms with Gasteiger partial charge in [0.2, 0.25) is 5.95 Å². The van der Waals surface area contributed by atoms with Gasteiger partial charge in [-0.3, -0.25) is 4.90 Å². The van der Waals surface area contributed by atoms with Gasteiger partial charge in [0.05, 0.1) is 11.7 Å². The third-order valence-corrected chi connectivity index (χ3v) is 7.39. The smallest absolute Gasteiger partial charge is 0.229 e. The van der Waals surface area contributed by atoms with Gasteiger partial charge in [-0.2, -0.15) is 0 Å². The minimum absolute atomic E-state index is 0.0230. The first-order valence-electron chi connectivity index (χ1n) is 12.3. The average Bonchev–Trinajstić information content (AvgIpc) is 3.61. The first-order chi connectivity index (χ1) is 17.6. The summed E-state index contributed by atoms with van der Waals surface area (Å²) < 4.78 is 32.6. The molecule has 0 saturated heterocycles. The molecule has 0 spiro atoms. The number of nitrogens with two attached hydrogens (primary N) is 1. The van der Waals surface area contributed by atoms with Crippen LogP contribution in [0.1, 0.15) is 44.0 Å². The standard InChI is InChI=1S/C26H27F2IN8/c1-26(2,30)13-36-8-7-19-14(12-36)3-6-21(32-19)33-25-31-11-18(28)22(35-25)15-9-17(27)23-20(10-15)37(16-4-5-16)24(29)34-23/h3,6,9-11,16H,4-5,7-8,12-13,30H2,1-2H3,(H,31,32,33,35). The number of imidazole rings is 1. The Kier molecular flexibility index (Phi) is 6.11. The molecule has 0 amide bonds. The topological polar surface area (TPSA) is 97.8 Å². The van der Waals surface area contributed by atoms with E-state index >= 15 is 0 Å². The van der Waals surface area contributed by atoms with Crippen molar-refractivity contribution in [1.82, 2.24) is 29.4 Å². The van der Waals surface area contributed by atoms with Gasteiger partial charge >= 0.3 is 0 Å². The summed E-state index contributed by atoms with van der Waals surface area (Å²) in [5.74, 6) is -0.359. The number of aromatic nitrogens is 5. The molecular formula is C26H27F2IN8. The Bertz CT molecular complexity index is 1510. The Labute approximate surface area is 226 Å². The van der Waals surface area contributed by atoms with Gasteiger partial charge in [0, 0.05) is 48.9 Å². The fourth-order valence-electron chi connectivity index (χ4n) is 4.94. The lowest BCUT2D eigenvalue weighted by Gasteiger charge is -2.33. The number of benzene rings is 1. The molecule has 1 aliphatic carbocycles. The summed E-state index contributed by atoms with van der Waals surface area (Å²) in [6.07, 6.45) is 3.96. The zero-order valence-corrected chi connectivity index (χ0v) is 22.8. The summed E-state index contributed by atoms with van der Waals surface area (Å²) in [6.45, 7) is 6.54. The van der Waals surface area contributed by atoms with Crippen LogP contribution in [0.5, 0.6) is 0 Å². The molecule has 6 rings (SSSR count). The van der Waals surface area contributed by atoms with Crippen LogP contribution in [0, 0.1) is 15.5 Å². The summed E-state index contributed by atoms with van der Waals surface area (Å²) in [5.41, 5.74) is 9.40. The highest BCUT2D eigenvalue weighted by atomic mass is 127. The molecule has 192 valence electrons. The van der Waals surface area contributed by atoms with E-state index in [9.17, 15) is 8.78 Å². The predicted molar refractivity (Wildman–Crippen MR) is 146 cm³/mol. The van der Waals surface area contributed by atoms with E-state index in [1.54, 1.807) is 6.07 Å².